The van der Waals surface area contributed by atoms with Crippen molar-refractivity contribution in [1.82, 2.24) is 5.32 Å². The van der Waals surface area contributed by atoms with Crippen molar-refractivity contribution in [1.29, 1.82) is 0 Å². The first-order valence-electron chi connectivity index (χ1n) is 7.81. The zero-order valence-electron chi connectivity index (χ0n) is 14.5. The molecule has 0 saturated heterocycles. The largest absolute Gasteiger partial charge is 0.458 e. The van der Waals surface area contributed by atoms with E-state index in [0.29, 0.717) is 17.7 Å². The number of nitrogens with one attached hydrogen (secondary N) is 1. The highest BCUT2D eigenvalue weighted by Gasteiger charge is 2.29. The molecule has 0 aliphatic heterocycles. The Morgan fingerprint density at radius 3 is 2.23 bits per heavy atom. The summed E-state index contributed by atoms with van der Waals surface area (Å²) in [6.45, 7) is 5.09. The van der Waals surface area contributed by atoms with Crippen molar-refractivity contribution < 1.29 is 23.1 Å². The molecule has 4 nitrogen and oxygen atoms in total. The summed E-state index contributed by atoms with van der Waals surface area (Å²) in [6, 6.07) is 8.69. The van der Waals surface area contributed by atoms with E-state index in [1.165, 1.54) is 0 Å². The van der Waals surface area contributed by atoms with E-state index in [1.807, 2.05) is 0 Å². The van der Waals surface area contributed by atoms with Gasteiger partial charge in [-0.25, -0.2) is 13.6 Å². The average Bonchev–Trinajstić information content (AvgIpc) is 2.54. The average molecular weight is 382 g/mol. The fourth-order valence-electron chi connectivity index (χ4n) is 2.19. The number of esters is 1. The van der Waals surface area contributed by atoms with Crippen LogP contribution in [0, 0.1) is 11.6 Å². The Kier molecular flexibility index (Phi) is 5.97. The van der Waals surface area contributed by atoms with Gasteiger partial charge in [-0.2, -0.15) is 0 Å². The summed E-state index contributed by atoms with van der Waals surface area (Å²) in [5, 5.41) is 2.21. The molecule has 0 bridgehead atoms. The fourth-order valence-corrected chi connectivity index (χ4v) is 2.43. The molecule has 0 unspecified atom stereocenters. The van der Waals surface area contributed by atoms with Gasteiger partial charge in [0, 0.05) is 0 Å². The molecule has 1 N–H and O–H groups in total. The first kappa shape index (κ1) is 19.8. The number of rotatable bonds is 4. The number of ether oxygens (including phenoxy) is 1. The molecule has 0 aromatic heterocycles. The summed E-state index contributed by atoms with van der Waals surface area (Å²) in [7, 11) is 0. The van der Waals surface area contributed by atoms with Crippen molar-refractivity contribution >= 4 is 23.5 Å². The molecule has 2 rings (SSSR count). The van der Waals surface area contributed by atoms with Gasteiger partial charge in [0.1, 0.15) is 5.60 Å². The van der Waals surface area contributed by atoms with E-state index in [4.69, 9.17) is 16.3 Å². The SMILES string of the molecule is CC(C)(C)OC(=O)[C@@H](NC(=O)c1cc(F)c(F)cc1Cl)c1ccccc1. The molecule has 0 spiro atoms. The summed E-state index contributed by atoms with van der Waals surface area (Å²) in [5.41, 5.74) is -0.571. The number of carbonyl (C=O) groups is 2. The minimum atomic E-state index is -1.21. The standard InChI is InChI=1S/C19H18ClF2NO3/c1-19(2,3)26-18(25)16(11-7-5-4-6-8-11)23-17(24)12-9-14(21)15(22)10-13(12)20/h4-10,16H,1-3H3,(H,23,24)/t16-/m0/s1. The zero-order valence-corrected chi connectivity index (χ0v) is 15.2. The van der Waals surface area contributed by atoms with Gasteiger partial charge in [0.2, 0.25) is 0 Å². The molecule has 7 heteroatoms. The van der Waals surface area contributed by atoms with E-state index >= 15 is 0 Å². The Labute approximate surface area is 155 Å². The van der Waals surface area contributed by atoms with Crippen LogP contribution in [0.3, 0.4) is 0 Å². The van der Waals surface area contributed by atoms with E-state index in [-0.39, 0.29) is 10.6 Å². The van der Waals surface area contributed by atoms with Crippen LogP contribution in [-0.2, 0) is 9.53 Å². The minimum absolute atomic E-state index is 0.266. The smallest absolute Gasteiger partial charge is 0.333 e. The molecule has 26 heavy (non-hydrogen) atoms. The number of hydrogen-bond acceptors (Lipinski definition) is 3. The van der Waals surface area contributed by atoms with Crippen molar-refractivity contribution in [2.24, 2.45) is 0 Å². The van der Waals surface area contributed by atoms with Crippen LogP contribution in [0.25, 0.3) is 0 Å². The lowest BCUT2D eigenvalue weighted by molar-refractivity contribution is -0.157. The molecule has 0 saturated carbocycles. The van der Waals surface area contributed by atoms with Crippen LogP contribution >= 0.6 is 11.6 Å². The summed E-state index contributed by atoms with van der Waals surface area (Å²) in [6.07, 6.45) is 0. The van der Waals surface area contributed by atoms with Crippen molar-refractivity contribution in [3.8, 4) is 0 Å². The molecule has 1 amide bonds. The molecule has 1 atom stereocenters. The third-order valence-corrected chi connectivity index (χ3v) is 3.62. The predicted octanol–water partition coefficient (Wildman–Crippen LogP) is 4.43. The number of benzene rings is 2. The molecule has 0 fully saturated rings. The van der Waals surface area contributed by atoms with E-state index in [0.717, 1.165) is 0 Å². The monoisotopic (exact) mass is 381 g/mol. The Hall–Kier alpha value is -2.47. The lowest BCUT2D eigenvalue weighted by Gasteiger charge is -2.25. The summed E-state index contributed by atoms with van der Waals surface area (Å²) in [5.74, 6) is -3.89. The van der Waals surface area contributed by atoms with Gasteiger partial charge in [0.25, 0.3) is 5.91 Å². The van der Waals surface area contributed by atoms with Gasteiger partial charge in [0.05, 0.1) is 10.6 Å². The van der Waals surface area contributed by atoms with Crippen LogP contribution in [0.4, 0.5) is 8.78 Å². The molecule has 0 radical (unpaired) electrons. The van der Waals surface area contributed by atoms with Crippen LogP contribution < -0.4 is 5.32 Å². The maximum absolute atomic E-state index is 13.5. The van der Waals surface area contributed by atoms with Crippen molar-refractivity contribution in [3.05, 3.63) is 70.2 Å². The van der Waals surface area contributed by atoms with Crippen LogP contribution in [0.15, 0.2) is 42.5 Å². The predicted molar refractivity (Wildman–Crippen MR) is 93.9 cm³/mol. The molecule has 0 aliphatic carbocycles. The Balaban J connectivity index is 2.34. The molecule has 2 aromatic carbocycles. The first-order valence-corrected chi connectivity index (χ1v) is 8.19. The van der Waals surface area contributed by atoms with Crippen LogP contribution in [-0.4, -0.2) is 17.5 Å². The molecular weight excluding hydrogens is 364 g/mol. The highest BCUT2D eigenvalue weighted by Crippen LogP contribution is 2.23. The fraction of sp³-hybridized carbons (Fsp3) is 0.263. The minimum Gasteiger partial charge on any atom is -0.458 e. The lowest BCUT2D eigenvalue weighted by atomic mass is 10.1. The first-order chi connectivity index (χ1) is 12.1. The van der Waals surface area contributed by atoms with Gasteiger partial charge in [-0.15, -0.1) is 0 Å². The topological polar surface area (TPSA) is 55.4 Å². The lowest BCUT2D eigenvalue weighted by Crippen LogP contribution is -2.38. The maximum Gasteiger partial charge on any atom is 0.333 e. The van der Waals surface area contributed by atoms with E-state index in [1.54, 1.807) is 51.1 Å². The molecule has 2 aromatic rings. The third kappa shape index (κ3) is 5.02. The normalized spacial score (nSPS) is 12.4. The molecule has 0 heterocycles. The second kappa shape index (κ2) is 7.83. The summed E-state index contributed by atoms with van der Waals surface area (Å²) in [4.78, 5) is 25.0. The zero-order chi connectivity index (χ0) is 19.5. The molecule has 0 aliphatic rings. The number of amides is 1. The number of carbonyl (C=O) groups excluding carboxylic acids is 2. The van der Waals surface area contributed by atoms with Gasteiger partial charge in [-0.3, -0.25) is 4.79 Å². The Morgan fingerprint density at radius 1 is 1.08 bits per heavy atom. The Bertz CT molecular complexity index is 820. The van der Waals surface area contributed by atoms with Gasteiger partial charge in [0.15, 0.2) is 17.7 Å². The van der Waals surface area contributed by atoms with E-state index in [2.05, 4.69) is 5.32 Å². The number of halogens is 3. The van der Waals surface area contributed by atoms with E-state index < -0.39 is 35.2 Å². The summed E-state index contributed by atoms with van der Waals surface area (Å²) >= 11 is 5.83. The molecular formula is C19H18ClF2NO3. The van der Waals surface area contributed by atoms with Crippen molar-refractivity contribution in [2.45, 2.75) is 32.4 Å². The van der Waals surface area contributed by atoms with E-state index in [9.17, 15) is 18.4 Å². The second-order valence-electron chi connectivity index (χ2n) is 6.60. The third-order valence-electron chi connectivity index (χ3n) is 3.31. The van der Waals surface area contributed by atoms with Gasteiger partial charge in [-0.05, 0) is 38.5 Å². The molecule has 138 valence electrons. The highest BCUT2D eigenvalue weighted by atomic mass is 35.5. The van der Waals surface area contributed by atoms with Gasteiger partial charge >= 0.3 is 5.97 Å². The highest BCUT2D eigenvalue weighted by molar-refractivity contribution is 6.33. The number of hydrogen-bond donors (Lipinski definition) is 1. The summed E-state index contributed by atoms with van der Waals surface area (Å²) < 4.78 is 32.0. The van der Waals surface area contributed by atoms with Crippen molar-refractivity contribution in [2.75, 3.05) is 0 Å². The quantitative estimate of drug-likeness (QED) is 0.629. The van der Waals surface area contributed by atoms with Gasteiger partial charge < -0.3 is 10.1 Å². The van der Waals surface area contributed by atoms with Crippen LogP contribution in [0.5, 0.6) is 0 Å². The maximum atomic E-state index is 13.5. The van der Waals surface area contributed by atoms with Crippen LogP contribution in [0.2, 0.25) is 5.02 Å². The second-order valence-corrected chi connectivity index (χ2v) is 7.00. The van der Waals surface area contributed by atoms with Crippen LogP contribution in [0.1, 0.15) is 42.7 Å². The van der Waals surface area contributed by atoms with Gasteiger partial charge in [-0.1, -0.05) is 41.9 Å². The Morgan fingerprint density at radius 2 is 1.65 bits per heavy atom. The van der Waals surface area contributed by atoms with Crippen molar-refractivity contribution in [3.63, 3.8) is 0 Å².